The predicted octanol–water partition coefficient (Wildman–Crippen LogP) is 4.07. The van der Waals surface area contributed by atoms with E-state index < -0.39 is 0 Å². The molecule has 0 saturated carbocycles. The minimum atomic E-state index is -0.0543. The van der Waals surface area contributed by atoms with E-state index in [-0.39, 0.29) is 5.91 Å². The number of likely N-dealkylation sites (N-methyl/N-ethyl adjacent to an activating group) is 1. The van der Waals surface area contributed by atoms with E-state index in [1.54, 1.807) is 6.21 Å². The van der Waals surface area contributed by atoms with Crippen molar-refractivity contribution in [2.45, 2.75) is 0 Å². The van der Waals surface area contributed by atoms with E-state index in [1.807, 2.05) is 66.1 Å². The molecular weight excluding hydrogens is 413 g/mol. The molecule has 0 heterocycles. The largest absolute Gasteiger partial charge is 0.301 e. The van der Waals surface area contributed by atoms with Gasteiger partial charge in [0.25, 0.3) is 5.91 Å². The van der Waals surface area contributed by atoms with Crippen molar-refractivity contribution in [1.29, 1.82) is 0 Å². The summed E-state index contributed by atoms with van der Waals surface area (Å²) in [5.74, 6) is -0.0543. The fraction of sp³-hybridized carbons (Fsp3) is 0.158. The first kappa shape index (κ1) is 16.9. The molecule has 0 saturated heterocycles. The van der Waals surface area contributed by atoms with Crippen molar-refractivity contribution in [2.24, 2.45) is 5.10 Å². The monoisotopic (exact) mass is 431 g/mol. The van der Waals surface area contributed by atoms with Gasteiger partial charge in [-0.05, 0) is 41.7 Å². The summed E-state index contributed by atoms with van der Waals surface area (Å²) in [5, 5.41) is 8.95. The summed E-state index contributed by atoms with van der Waals surface area (Å²) in [5.41, 5.74) is 1.03. The summed E-state index contributed by atoms with van der Waals surface area (Å²) in [7, 11) is 3.73. The van der Waals surface area contributed by atoms with Crippen LogP contribution < -0.4 is 0 Å². The summed E-state index contributed by atoms with van der Waals surface area (Å²) in [6.45, 7) is 0.330. The summed E-state index contributed by atoms with van der Waals surface area (Å²) < 4.78 is 1.37. The molecule has 0 N–H and O–H groups in total. The van der Waals surface area contributed by atoms with Gasteiger partial charge in [-0.1, -0.05) is 48.5 Å². The Morgan fingerprint density at radius 1 is 1.04 bits per heavy atom. The molecule has 0 spiro atoms. The van der Waals surface area contributed by atoms with E-state index in [4.69, 9.17) is 0 Å². The maximum Gasteiger partial charge on any atom is 0.266 e. The Balaban J connectivity index is 2.06. The molecule has 0 radical (unpaired) electrons. The van der Waals surface area contributed by atoms with E-state index in [0.29, 0.717) is 6.54 Å². The van der Waals surface area contributed by atoms with Gasteiger partial charge >= 0.3 is 0 Å². The Labute approximate surface area is 155 Å². The number of carbonyl (C=O) groups is 1. The Bertz CT molecular complexity index is 867. The molecule has 3 aromatic rings. The highest BCUT2D eigenvalue weighted by Gasteiger charge is 2.11. The normalized spacial score (nSPS) is 11.7. The van der Waals surface area contributed by atoms with Crippen molar-refractivity contribution in [2.75, 3.05) is 20.6 Å². The molecule has 4 nitrogen and oxygen atoms in total. The molecule has 0 fully saturated rings. The molecule has 3 rings (SSSR count). The van der Waals surface area contributed by atoms with Crippen LogP contribution in [0.25, 0.3) is 21.5 Å². The number of fused-ring (bicyclic) bond motifs is 2. The first-order valence-electron chi connectivity index (χ1n) is 7.64. The van der Waals surface area contributed by atoms with Gasteiger partial charge in [0.15, 0.2) is 0 Å². The number of benzene rings is 3. The van der Waals surface area contributed by atoms with Crippen LogP contribution in [0.1, 0.15) is 5.56 Å². The lowest BCUT2D eigenvalue weighted by molar-refractivity contribution is -0.125. The van der Waals surface area contributed by atoms with Crippen molar-refractivity contribution in [3.63, 3.8) is 0 Å². The lowest BCUT2D eigenvalue weighted by atomic mass is 9.97. The highest BCUT2D eigenvalue weighted by atomic mass is 127. The van der Waals surface area contributed by atoms with Gasteiger partial charge < -0.3 is 4.90 Å². The van der Waals surface area contributed by atoms with Gasteiger partial charge in [0, 0.05) is 5.56 Å². The van der Waals surface area contributed by atoms with E-state index >= 15 is 0 Å². The number of rotatable bonds is 4. The van der Waals surface area contributed by atoms with Gasteiger partial charge in [0.2, 0.25) is 0 Å². The number of amides is 1. The van der Waals surface area contributed by atoms with E-state index in [2.05, 4.69) is 35.4 Å². The van der Waals surface area contributed by atoms with Crippen molar-refractivity contribution in [1.82, 2.24) is 8.12 Å². The third-order valence-corrected chi connectivity index (χ3v) is 4.55. The Morgan fingerprint density at radius 3 is 2.12 bits per heavy atom. The quantitative estimate of drug-likeness (QED) is 0.205. The molecule has 5 heteroatoms. The van der Waals surface area contributed by atoms with Crippen LogP contribution in [-0.4, -0.2) is 40.9 Å². The van der Waals surface area contributed by atoms with Crippen LogP contribution >= 0.6 is 22.9 Å². The van der Waals surface area contributed by atoms with E-state index in [0.717, 1.165) is 27.1 Å². The third kappa shape index (κ3) is 3.57. The van der Waals surface area contributed by atoms with Gasteiger partial charge in [-0.3, -0.25) is 4.79 Å². The minimum Gasteiger partial charge on any atom is -0.301 e. The highest BCUT2D eigenvalue weighted by molar-refractivity contribution is 14.1. The first-order chi connectivity index (χ1) is 11.6. The number of carbonyl (C=O) groups excluding carboxylic acids is 1. The second-order valence-corrected chi connectivity index (χ2v) is 6.78. The smallest absolute Gasteiger partial charge is 0.266 e. The standard InChI is InChI=1S/C19H18IN3O/c1-22(2)13-19(24)23(20)21-12-18-16-9-5-3-7-14(16)11-15-8-4-6-10-17(15)18/h3-12H,13H2,1-2H3/b21-12-. The average molecular weight is 431 g/mol. The van der Waals surface area contributed by atoms with Crippen LogP contribution in [0.5, 0.6) is 0 Å². The SMILES string of the molecule is CN(C)CC(=O)N(I)/N=C\c1c2ccccc2cc2ccccc12. The molecule has 0 aromatic heterocycles. The number of nitrogens with zero attached hydrogens (tertiary/aromatic N) is 3. The van der Waals surface area contributed by atoms with Gasteiger partial charge in [-0.15, -0.1) is 0 Å². The molecule has 0 atom stereocenters. The number of hydrogen-bond donors (Lipinski definition) is 0. The van der Waals surface area contributed by atoms with Gasteiger partial charge in [-0.2, -0.15) is 8.32 Å². The number of hydrazone groups is 1. The molecule has 0 aliphatic heterocycles. The molecule has 0 bridgehead atoms. The highest BCUT2D eigenvalue weighted by Crippen LogP contribution is 2.27. The van der Waals surface area contributed by atoms with Crippen LogP contribution in [0.3, 0.4) is 0 Å². The van der Waals surface area contributed by atoms with E-state index in [9.17, 15) is 4.79 Å². The maximum atomic E-state index is 12.1. The molecular formula is C19H18IN3O. The fourth-order valence-corrected chi connectivity index (χ4v) is 2.97. The summed E-state index contributed by atoms with van der Waals surface area (Å²) >= 11 is 1.93. The van der Waals surface area contributed by atoms with Crippen LogP contribution in [0, 0.1) is 0 Å². The molecule has 0 aliphatic rings. The molecule has 24 heavy (non-hydrogen) atoms. The Hall–Kier alpha value is -1.99. The average Bonchev–Trinajstić information content (AvgIpc) is 2.57. The van der Waals surface area contributed by atoms with Gasteiger partial charge in [0.1, 0.15) is 0 Å². The van der Waals surface area contributed by atoms with Crippen molar-refractivity contribution >= 4 is 56.5 Å². The van der Waals surface area contributed by atoms with Crippen molar-refractivity contribution < 1.29 is 4.79 Å². The third-order valence-electron chi connectivity index (χ3n) is 3.76. The topological polar surface area (TPSA) is 35.9 Å². The second kappa shape index (κ2) is 7.27. The maximum absolute atomic E-state index is 12.1. The fourth-order valence-electron chi connectivity index (χ4n) is 2.69. The van der Waals surface area contributed by atoms with Crippen LogP contribution in [0.15, 0.2) is 59.7 Å². The number of halogens is 1. The first-order valence-corrected chi connectivity index (χ1v) is 8.60. The summed E-state index contributed by atoms with van der Waals surface area (Å²) in [6.07, 6.45) is 1.78. The zero-order valence-corrected chi connectivity index (χ0v) is 15.8. The van der Waals surface area contributed by atoms with E-state index in [1.165, 1.54) is 3.22 Å². The van der Waals surface area contributed by atoms with Crippen molar-refractivity contribution in [3.8, 4) is 0 Å². The Kier molecular flexibility index (Phi) is 5.11. The van der Waals surface area contributed by atoms with Gasteiger partial charge in [-0.25, -0.2) is 0 Å². The number of hydrogen-bond acceptors (Lipinski definition) is 3. The lowest BCUT2D eigenvalue weighted by Crippen LogP contribution is -2.28. The zero-order chi connectivity index (χ0) is 17.1. The molecule has 1 amide bonds. The predicted molar refractivity (Wildman–Crippen MR) is 108 cm³/mol. The molecule has 0 aliphatic carbocycles. The van der Waals surface area contributed by atoms with Gasteiger partial charge in [0.05, 0.1) is 35.6 Å². The minimum absolute atomic E-state index is 0.0543. The zero-order valence-electron chi connectivity index (χ0n) is 13.6. The Morgan fingerprint density at radius 2 is 1.58 bits per heavy atom. The molecule has 0 unspecified atom stereocenters. The summed E-state index contributed by atoms with van der Waals surface area (Å²) in [4.78, 5) is 13.9. The second-order valence-electron chi connectivity index (χ2n) is 5.87. The van der Waals surface area contributed by atoms with Crippen LogP contribution in [-0.2, 0) is 4.79 Å². The molecule has 122 valence electrons. The van der Waals surface area contributed by atoms with Crippen molar-refractivity contribution in [3.05, 3.63) is 60.2 Å². The van der Waals surface area contributed by atoms with Crippen LogP contribution in [0.4, 0.5) is 0 Å². The lowest BCUT2D eigenvalue weighted by Gasteiger charge is -2.13. The summed E-state index contributed by atoms with van der Waals surface area (Å²) in [6, 6.07) is 18.6. The van der Waals surface area contributed by atoms with Crippen LogP contribution in [0.2, 0.25) is 0 Å². The molecule has 3 aromatic carbocycles.